The van der Waals surface area contributed by atoms with Crippen molar-refractivity contribution in [1.82, 2.24) is 0 Å². The Morgan fingerprint density at radius 2 is 2.00 bits per heavy atom. The van der Waals surface area contributed by atoms with E-state index in [-0.39, 0.29) is 5.78 Å². The number of benzene rings is 2. The van der Waals surface area contributed by atoms with Crippen molar-refractivity contribution in [2.45, 2.75) is 0 Å². The number of aliphatic hydroxyl groups is 1. The second-order valence-electron chi connectivity index (χ2n) is 3.45. The van der Waals surface area contributed by atoms with Gasteiger partial charge < -0.3 is 9.84 Å². The lowest BCUT2D eigenvalue weighted by molar-refractivity contribution is 0.0901. The lowest BCUT2D eigenvalue weighted by atomic mass is 10.0. The van der Waals surface area contributed by atoms with Crippen LogP contribution in [0.25, 0.3) is 10.8 Å². The Morgan fingerprint density at radius 1 is 1.25 bits per heavy atom. The van der Waals surface area contributed by atoms with Gasteiger partial charge in [0.25, 0.3) is 0 Å². The van der Waals surface area contributed by atoms with E-state index in [1.807, 2.05) is 30.3 Å². The monoisotopic (exact) mass is 216 g/mol. The van der Waals surface area contributed by atoms with Crippen LogP contribution in [0, 0.1) is 0 Å². The van der Waals surface area contributed by atoms with Crippen LogP contribution in [0.1, 0.15) is 10.4 Å². The average molecular weight is 216 g/mol. The summed E-state index contributed by atoms with van der Waals surface area (Å²) in [7, 11) is 1.52. The van der Waals surface area contributed by atoms with E-state index >= 15 is 0 Å². The van der Waals surface area contributed by atoms with E-state index in [9.17, 15) is 4.79 Å². The van der Waals surface area contributed by atoms with E-state index in [0.29, 0.717) is 11.3 Å². The molecule has 0 spiro atoms. The van der Waals surface area contributed by atoms with Gasteiger partial charge in [0.05, 0.1) is 12.7 Å². The number of carbonyl (C=O) groups is 1. The molecule has 0 bridgehead atoms. The second-order valence-corrected chi connectivity index (χ2v) is 3.45. The van der Waals surface area contributed by atoms with E-state index in [1.54, 1.807) is 6.07 Å². The molecule has 1 N–H and O–H groups in total. The Balaban J connectivity index is 2.72. The quantitative estimate of drug-likeness (QED) is 0.798. The number of hydrogen-bond acceptors (Lipinski definition) is 3. The molecular formula is C13H12O3. The Morgan fingerprint density at radius 3 is 2.69 bits per heavy atom. The van der Waals surface area contributed by atoms with Gasteiger partial charge in [0.1, 0.15) is 12.4 Å². The van der Waals surface area contributed by atoms with Gasteiger partial charge in [-0.1, -0.05) is 30.3 Å². The molecular weight excluding hydrogens is 204 g/mol. The van der Waals surface area contributed by atoms with Crippen molar-refractivity contribution in [2.24, 2.45) is 0 Å². The molecule has 0 fully saturated rings. The highest BCUT2D eigenvalue weighted by molar-refractivity contribution is 6.05. The molecule has 2 rings (SSSR count). The summed E-state index contributed by atoms with van der Waals surface area (Å²) in [5.74, 6) is 0.194. The third-order valence-electron chi connectivity index (χ3n) is 2.53. The standard InChI is InChI=1S/C13H12O3/c1-16-13-10-5-3-2-4-9(10)6-7-11(13)12(15)8-14/h2-7,14H,8H2,1H3. The minimum absolute atomic E-state index is 0.331. The summed E-state index contributed by atoms with van der Waals surface area (Å²) in [4.78, 5) is 11.5. The van der Waals surface area contributed by atoms with E-state index in [0.717, 1.165) is 10.8 Å². The summed E-state index contributed by atoms with van der Waals surface area (Å²) < 4.78 is 5.25. The number of rotatable bonds is 3. The van der Waals surface area contributed by atoms with Gasteiger partial charge >= 0.3 is 0 Å². The first kappa shape index (κ1) is 10.6. The molecule has 0 amide bonds. The Hall–Kier alpha value is -1.87. The lowest BCUT2D eigenvalue weighted by Crippen LogP contribution is -2.06. The highest BCUT2D eigenvalue weighted by Gasteiger charge is 2.13. The first-order valence-corrected chi connectivity index (χ1v) is 4.97. The van der Waals surface area contributed by atoms with Crippen molar-refractivity contribution >= 4 is 16.6 Å². The maximum Gasteiger partial charge on any atom is 0.191 e. The molecule has 0 heterocycles. The molecule has 0 saturated heterocycles. The number of Topliss-reactive ketones (excluding diaryl/α,β-unsaturated/α-hetero) is 1. The highest BCUT2D eigenvalue weighted by atomic mass is 16.5. The van der Waals surface area contributed by atoms with Gasteiger partial charge in [-0.3, -0.25) is 4.79 Å². The molecule has 82 valence electrons. The summed E-state index contributed by atoms with van der Waals surface area (Å²) in [6, 6.07) is 11.2. The van der Waals surface area contributed by atoms with Crippen LogP contribution in [-0.4, -0.2) is 24.6 Å². The molecule has 3 nitrogen and oxygen atoms in total. The van der Waals surface area contributed by atoms with Gasteiger partial charge in [-0.2, -0.15) is 0 Å². The third kappa shape index (κ3) is 1.66. The maximum absolute atomic E-state index is 11.5. The van der Waals surface area contributed by atoms with Crippen LogP contribution in [0.4, 0.5) is 0 Å². The SMILES string of the molecule is COc1c(C(=O)CO)ccc2ccccc12. The molecule has 16 heavy (non-hydrogen) atoms. The zero-order valence-corrected chi connectivity index (χ0v) is 8.93. The highest BCUT2D eigenvalue weighted by Crippen LogP contribution is 2.29. The van der Waals surface area contributed by atoms with Crippen molar-refractivity contribution in [1.29, 1.82) is 0 Å². The molecule has 0 aromatic heterocycles. The maximum atomic E-state index is 11.5. The molecule has 0 saturated carbocycles. The summed E-state index contributed by atoms with van der Waals surface area (Å²) in [5, 5.41) is 10.8. The summed E-state index contributed by atoms with van der Waals surface area (Å²) >= 11 is 0. The van der Waals surface area contributed by atoms with E-state index < -0.39 is 6.61 Å². The summed E-state index contributed by atoms with van der Waals surface area (Å²) in [6.07, 6.45) is 0. The van der Waals surface area contributed by atoms with E-state index in [2.05, 4.69) is 0 Å². The number of ketones is 1. The van der Waals surface area contributed by atoms with Crippen LogP contribution in [0.15, 0.2) is 36.4 Å². The number of aliphatic hydroxyl groups excluding tert-OH is 1. The largest absolute Gasteiger partial charge is 0.495 e. The molecule has 3 heteroatoms. The molecule has 0 unspecified atom stereocenters. The molecule has 0 aliphatic rings. The van der Waals surface area contributed by atoms with Crippen LogP contribution < -0.4 is 4.74 Å². The number of fused-ring (bicyclic) bond motifs is 1. The smallest absolute Gasteiger partial charge is 0.191 e. The number of hydrogen-bond donors (Lipinski definition) is 1. The van der Waals surface area contributed by atoms with Crippen molar-refractivity contribution in [2.75, 3.05) is 13.7 Å². The van der Waals surface area contributed by atoms with Crippen LogP contribution >= 0.6 is 0 Å². The van der Waals surface area contributed by atoms with Gasteiger partial charge in [0, 0.05) is 5.39 Å². The molecule has 0 aliphatic heterocycles. The third-order valence-corrected chi connectivity index (χ3v) is 2.53. The first-order valence-electron chi connectivity index (χ1n) is 4.97. The molecule has 0 atom stereocenters. The zero-order valence-electron chi connectivity index (χ0n) is 8.93. The summed E-state index contributed by atoms with van der Waals surface area (Å²) in [5.41, 5.74) is 0.420. The predicted molar refractivity (Wildman–Crippen MR) is 61.9 cm³/mol. The Kier molecular flexibility index (Phi) is 2.88. The fourth-order valence-corrected chi connectivity index (χ4v) is 1.77. The molecule has 0 aliphatic carbocycles. The van der Waals surface area contributed by atoms with Crippen LogP contribution in [0.5, 0.6) is 5.75 Å². The normalized spacial score (nSPS) is 10.4. The molecule has 0 radical (unpaired) electrons. The lowest BCUT2D eigenvalue weighted by Gasteiger charge is -2.09. The number of carbonyl (C=O) groups excluding carboxylic acids is 1. The fourth-order valence-electron chi connectivity index (χ4n) is 1.77. The topological polar surface area (TPSA) is 46.5 Å². The second kappa shape index (κ2) is 4.33. The average Bonchev–Trinajstić information content (AvgIpc) is 2.36. The van der Waals surface area contributed by atoms with Gasteiger partial charge in [-0.05, 0) is 11.5 Å². The molecule has 2 aromatic rings. The Labute approximate surface area is 93.3 Å². The number of ether oxygens (including phenoxy) is 1. The van der Waals surface area contributed by atoms with Crippen LogP contribution in [0.3, 0.4) is 0 Å². The number of methoxy groups -OCH3 is 1. The van der Waals surface area contributed by atoms with Gasteiger partial charge in [0.15, 0.2) is 5.78 Å². The van der Waals surface area contributed by atoms with Gasteiger partial charge in [0.2, 0.25) is 0 Å². The van der Waals surface area contributed by atoms with Crippen LogP contribution in [-0.2, 0) is 0 Å². The molecule has 2 aromatic carbocycles. The fraction of sp³-hybridized carbons (Fsp3) is 0.154. The van der Waals surface area contributed by atoms with Crippen LogP contribution in [0.2, 0.25) is 0 Å². The minimum Gasteiger partial charge on any atom is -0.495 e. The minimum atomic E-state index is -0.505. The van der Waals surface area contributed by atoms with E-state index in [1.165, 1.54) is 7.11 Å². The predicted octanol–water partition coefficient (Wildman–Crippen LogP) is 2.02. The summed E-state index contributed by atoms with van der Waals surface area (Å²) in [6.45, 7) is -0.505. The van der Waals surface area contributed by atoms with Crippen molar-refractivity contribution in [3.63, 3.8) is 0 Å². The van der Waals surface area contributed by atoms with Gasteiger partial charge in [-0.25, -0.2) is 0 Å². The van der Waals surface area contributed by atoms with Crippen molar-refractivity contribution < 1.29 is 14.6 Å². The first-order chi connectivity index (χ1) is 7.77. The van der Waals surface area contributed by atoms with E-state index in [4.69, 9.17) is 9.84 Å². The zero-order chi connectivity index (χ0) is 11.5. The Bertz CT molecular complexity index is 532. The van der Waals surface area contributed by atoms with Crippen molar-refractivity contribution in [3.05, 3.63) is 42.0 Å². The van der Waals surface area contributed by atoms with Crippen molar-refractivity contribution in [3.8, 4) is 5.75 Å². The van der Waals surface area contributed by atoms with Gasteiger partial charge in [-0.15, -0.1) is 0 Å².